The molecule has 0 spiro atoms. The van der Waals surface area contributed by atoms with Gasteiger partial charge in [0.05, 0.1) is 19.4 Å². The molecule has 4 nitrogen and oxygen atoms in total. The highest BCUT2D eigenvalue weighted by Crippen LogP contribution is 2.32. The Morgan fingerprint density at radius 2 is 2.24 bits per heavy atom. The molecular formula is C17H17NO3. The van der Waals surface area contributed by atoms with E-state index in [0.29, 0.717) is 18.1 Å². The third kappa shape index (κ3) is 3.33. The van der Waals surface area contributed by atoms with Crippen LogP contribution in [0, 0.1) is 6.57 Å². The lowest BCUT2D eigenvalue weighted by Gasteiger charge is -2.22. The predicted molar refractivity (Wildman–Crippen MR) is 78.8 cm³/mol. The summed E-state index contributed by atoms with van der Waals surface area (Å²) in [5, 5.41) is 0. The van der Waals surface area contributed by atoms with Crippen molar-refractivity contribution in [1.82, 2.24) is 0 Å². The number of hydrogen-bond donors (Lipinski definition) is 0. The van der Waals surface area contributed by atoms with Crippen LogP contribution in [-0.4, -0.2) is 12.9 Å². The van der Waals surface area contributed by atoms with Gasteiger partial charge in [-0.15, -0.1) is 0 Å². The van der Waals surface area contributed by atoms with Crippen LogP contribution in [0.15, 0.2) is 41.0 Å². The Hall–Kier alpha value is -2.09. The maximum absolute atomic E-state index is 7.25. The first-order chi connectivity index (χ1) is 10.4. The van der Waals surface area contributed by atoms with E-state index in [9.17, 15) is 0 Å². The summed E-state index contributed by atoms with van der Waals surface area (Å²) in [6.07, 6.45) is 4.72. The van der Waals surface area contributed by atoms with Crippen molar-refractivity contribution in [1.29, 1.82) is 0 Å². The fourth-order valence-corrected chi connectivity index (χ4v) is 2.43. The van der Waals surface area contributed by atoms with Crippen LogP contribution in [0.25, 0.3) is 16.2 Å². The van der Waals surface area contributed by atoms with Crippen molar-refractivity contribution in [3.63, 3.8) is 0 Å². The third-order valence-electron chi connectivity index (χ3n) is 3.54. The van der Waals surface area contributed by atoms with E-state index >= 15 is 0 Å². The SMILES string of the molecule is [C-]#[N+]c1ccc(COC2CCCCO2)cc1-c1ccco1. The molecule has 0 aliphatic carbocycles. The Balaban J connectivity index is 1.74. The van der Waals surface area contributed by atoms with Crippen LogP contribution in [0.2, 0.25) is 0 Å². The second-order valence-corrected chi connectivity index (χ2v) is 5.05. The van der Waals surface area contributed by atoms with Crippen LogP contribution >= 0.6 is 0 Å². The third-order valence-corrected chi connectivity index (χ3v) is 3.54. The molecule has 1 aromatic carbocycles. The summed E-state index contributed by atoms with van der Waals surface area (Å²) in [6.45, 7) is 8.51. The van der Waals surface area contributed by atoms with Gasteiger partial charge in [0.25, 0.3) is 0 Å². The van der Waals surface area contributed by atoms with Crippen molar-refractivity contribution in [2.75, 3.05) is 6.61 Å². The largest absolute Gasteiger partial charge is 0.466 e. The van der Waals surface area contributed by atoms with Crippen molar-refractivity contribution in [3.8, 4) is 11.3 Å². The zero-order chi connectivity index (χ0) is 14.5. The molecule has 0 amide bonds. The highest BCUT2D eigenvalue weighted by atomic mass is 16.7. The van der Waals surface area contributed by atoms with Gasteiger partial charge >= 0.3 is 0 Å². The lowest BCUT2D eigenvalue weighted by atomic mass is 10.1. The molecule has 1 unspecified atom stereocenters. The summed E-state index contributed by atoms with van der Waals surface area (Å²) >= 11 is 0. The van der Waals surface area contributed by atoms with E-state index in [1.807, 2.05) is 30.3 Å². The molecule has 0 radical (unpaired) electrons. The molecule has 2 aromatic rings. The average Bonchev–Trinajstić information content (AvgIpc) is 3.08. The van der Waals surface area contributed by atoms with E-state index in [2.05, 4.69) is 4.85 Å². The van der Waals surface area contributed by atoms with Gasteiger partial charge < -0.3 is 13.9 Å². The van der Waals surface area contributed by atoms with Gasteiger partial charge in [0.1, 0.15) is 5.76 Å². The van der Waals surface area contributed by atoms with Gasteiger partial charge in [-0.25, -0.2) is 4.85 Å². The van der Waals surface area contributed by atoms with Crippen LogP contribution in [-0.2, 0) is 16.1 Å². The van der Waals surface area contributed by atoms with Gasteiger partial charge in [0, 0.05) is 12.2 Å². The summed E-state index contributed by atoms with van der Waals surface area (Å²) in [5.41, 5.74) is 2.41. The van der Waals surface area contributed by atoms with Crippen LogP contribution in [0.3, 0.4) is 0 Å². The van der Waals surface area contributed by atoms with Crippen LogP contribution in [0.5, 0.6) is 0 Å². The smallest absolute Gasteiger partial charge is 0.198 e. The number of benzene rings is 1. The first-order valence-corrected chi connectivity index (χ1v) is 7.14. The minimum atomic E-state index is -0.105. The fraction of sp³-hybridized carbons (Fsp3) is 0.353. The Bertz CT molecular complexity index is 622. The zero-order valence-corrected chi connectivity index (χ0v) is 11.7. The number of rotatable bonds is 4. The molecule has 4 heteroatoms. The van der Waals surface area contributed by atoms with Gasteiger partial charge in [0.2, 0.25) is 0 Å². The lowest BCUT2D eigenvalue weighted by molar-refractivity contribution is -0.168. The van der Waals surface area contributed by atoms with Crippen molar-refractivity contribution < 1.29 is 13.9 Å². The monoisotopic (exact) mass is 283 g/mol. The summed E-state index contributed by atoms with van der Waals surface area (Å²) in [5.74, 6) is 0.705. The molecule has 1 saturated heterocycles. The summed E-state index contributed by atoms with van der Waals surface area (Å²) in [7, 11) is 0. The molecular weight excluding hydrogens is 266 g/mol. The van der Waals surface area contributed by atoms with Gasteiger partial charge in [-0.2, -0.15) is 0 Å². The number of nitrogens with zero attached hydrogens (tertiary/aromatic N) is 1. The first-order valence-electron chi connectivity index (χ1n) is 7.14. The molecule has 1 fully saturated rings. The van der Waals surface area contributed by atoms with Gasteiger partial charge in [0.15, 0.2) is 12.0 Å². The predicted octanol–water partition coefficient (Wildman–Crippen LogP) is 4.54. The van der Waals surface area contributed by atoms with Crippen molar-refractivity contribution in [3.05, 3.63) is 53.6 Å². The number of furan rings is 1. The second-order valence-electron chi connectivity index (χ2n) is 5.05. The molecule has 21 heavy (non-hydrogen) atoms. The van der Waals surface area contributed by atoms with Gasteiger partial charge in [-0.05, 0) is 37.0 Å². The number of ether oxygens (including phenoxy) is 2. The van der Waals surface area contributed by atoms with E-state index in [0.717, 1.165) is 37.0 Å². The van der Waals surface area contributed by atoms with E-state index in [4.69, 9.17) is 20.5 Å². The molecule has 1 aliphatic heterocycles. The molecule has 0 saturated carbocycles. The minimum absolute atomic E-state index is 0.105. The normalized spacial score (nSPS) is 18.3. The Labute approximate surface area is 124 Å². The van der Waals surface area contributed by atoms with Gasteiger partial charge in [-0.3, -0.25) is 0 Å². The van der Waals surface area contributed by atoms with Crippen molar-refractivity contribution >= 4 is 5.69 Å². The summed E-state index contributed by atoms with van der Waals surface area (Å²) in [4.78, 5) is 3.54. The number of hydrogen-bond acceptors (Lipinski definition) is 3. The summed E-state index contributed by atoms with van der Waals surface area (Å²) in [6, 6.07) is 9.37. The van der Waals surface area contributed by atoms with Crippen LogP contribution < -0.4 is 0 Å². The molecule has 1 atom stereocenters. The topological polar surface area (TPSA) is 36.0 Å². The van der Waals surface area contributed by atoms with Crippen molar-refractivity contribution in [2.45, 2.75) is 32.2 Å². The quantitative estimate of drug-likeness (QED) is 0.773. The van der Waals surface area contributed by atoms with Crippen LogP contribution in [0.1, 0.15) is 24.8 Å². The molecule has 2 heterocycles. The van der Waals surface area contributed by atoms with Crippen LogP contribution in [0.4, 0.5) is 5.69 Å². The van der Waals surface area contributed by atoms with E-state index < -0.39 is 0 Å². The Kier molecular flexibility index (Phi) is 4.34. The fourth-order valence-electron chi connectivity index (χ4n) is 2.43. The minimum Gasteiger partial charge on any atom is -0.466 e. The highest BCUT2D eigenvalue weighted by Gasteiger charge is 2.15. The molecule has 3 rings (SSSR count). The maximum atomic E-state index is 7.25. The summed E-state index contributed by atoms with van der Waals surface area (Å²) < 4.78 is 16.7. The zero-order valence-electron chi connectivity index (χ0n) is 11.7. The van der Waals surface area contributed by atoms with E-state index in [-0.39, 0.29) is 6.29 Å². The average molecular weight is 283 g/mol. The lowest BCUT2D eigenvalue weighted by Crippen LogP contribution is -2.21. The van der Waals surface area contributed by atoms with Crippen molar-refractivity contribution in [2.24, 2.45) is 0 Å². The van der Waals surface area contributed by atoms with Gasteiger partial charge in [-0.1, -0.05) is 18.2 Å². The highest BCUT2D eigenvalue weighted by molar-refractivity contribution is 5.75. The second kappa shape index (κ2) is 6.57. The molecule has 0 bridgehead atoms. The molecule has 1 aliphatic rings. The van der Waals surface area contributed by atoms with E-state index in [1.165, 1.54) is 0 Å². The maximum Gasteiger partial charge on any atom is 0.198 e. The molecule has 0 N–H and O–H groups in total. The first kappa shape index (κ1) is 13.9. The standard InChI is InChI=1S/C17H17NO3/c1-18-15-8-7-13(11-14(15)16-5-4-10-19-16)12-21-17-6-2-3-9-20-17/h4-5,7-8,10-11,17H,2-3,6,9,12H2. The molecule has 1 aromatic heterocycles. The van der Waals surface area contributed by atoms with E-state index in [1.54, 1.807) is 6.26 Å². The Morgan fingerprint density at radius 1 is 1.29 bits per heavy atom. The molecule has 108 valence electrons. The Morgan fingerprint density at radius 3 is 2.95 bits per heavy atom.